The fourth-order valence-corrected chi connectivity index (χ4v) is 2.57. The van der Waals surface area contributed by atoms with E-state index < -0.39 is 0 Å². The Kier molecular flexibility index (Phi) is 6.21. The van der Waals surface area contributed by atoms with Crippen molar-refractivity contribution >= 4 is 17.5 Å². The van der Waals surface area contributed by atoms with E-state index >= 15 is 0 Å². The van der Waals surface area contributed by atoms with Gasteiger partial charge in [-0.05, 0) is 48.4 Å². The fourth-order valence-electron chi connectivity index (χ4n) is 2.57. The van der Waals surface area contributed by atoms with Gasteiger partial charge in [-0.2, -0.15) is 15.3 Å². The van der Waals surface area contributed by atoms with E-state index in [2.05, 4.69) is 31.9 Å². The Morgan fingerprint density at radius 3 is 2.54 bits per heavy atom. The molecule has 0 unspecified atom stereocenters. The van der Waals surface area contributed by atoms with E-state index in [1.807, 2.05) is 18.2 Å². The quantitative estimate of drug-likeness (QED) is 0.618. The van der Waals surface area contributed by atoms with Crippen molar-refractivity contribution in [3.63, 3.8) is 0 Å². The summed E-state index contributed by atoms with van der Waals surface area (Å²) in [6, 6.07) is 15.0. The van der Waals surface area contributed by atoms with Crippen LogP contribution in [-0.2, 0) is 6.42 Å². The summed E-state index contributed by atoms with van der Waals surface area (Å²) in [6.07, 6.45) is 2.35. The molecule has 0 aliphatic heterocycles. The number of nitrogens with zero attached hydrogens (tertiary/aromatic N) is 4. The van der Waals surface area contributed by atoms with Crippen LogP contribution < -0.4 is 20.1 Å². The molecule has 0 radical (unpaired) electrons. The number of methoxy groups -OCH3 is 2. The van der Waals surface area contributed by atoms with Gasteiger partial charge in [0.25, 0.3) is 0 Å². The molecule has 0 saturated heterocycles. The molecule has 0 bridgehead atoms. The number of ether oxygens (including phenoxy) is 2. The zero-order valence-corrected chi connectivity index (χ0v) is 15.6. The molecule has 1 heterocycles. The maximum Gasteiger partial charge on any atom is 0.249 e. The fraction of sp³-hybridized carbons (Fsp3) is 0.200. The molecule has 8 nitrogen and oxygen atoms in total. The van der Waals surface area contributed by atoms with Crippen LogP contribution in [0.2, 0.25) is 0 Å². The van der Waals surface area contributed by atoms with E-state index in [0.717, 1.165) is 17.7 Å². The maximum atomic E-state index is 8.85. The van der Waals surface area contributed by atoms with Crippen LogP contribution in [-0.4, -0.2) is 35.9 Å². The number of hydrogen-bond donors (Lipinski definition) is 2. The molecule has 0 aliphatic rings. The second kappa shape index (κ2) is 9.19. The van der Waals surface area contributed by atoms with Gasteiger partial charge in [0.2, 0.25) is 5.95 Å². The van der Waals surface area contributed by atoms with Crippen LogP contribution >= 0.6 is 0 Å². The van der Waals surface area contributed by atoms with Crippen LogP contribution in [0, 0.1) is 11.3 Å². The van der Waals surface area contributed by atoms with Crippen molar-refractivity contribution < 1.29 is 9.47 Å². The van der Waals surface area contributed by atoms with E-state index in [1.165, 1.54) is 0 Å². The number of nitrogens with one attached hydrogen (secondary N) is 2. The zero-order valence-electron chi connectivity index (χ0n) is 15.6. The Bertz CT molecular complexity index is 969. The minimum absolute atomic E-state index is 0.376. The molecule has 3 aromatic rings. The summed E-state index contributed by atoms with van der Waals surface area (Å²) in [4.78, 5) is 4.40. The topological polar surface area (TPSA) is 105 Å². The van der Waals surface area contributed by atoms with Crippen molar-refractivity contribution in [1.82, 2.24) is 15.2 Å². The minimum Gasteiger partial charge on any atom is -0.493 e. The van der Waals surface area contributed by atoms with Gasteiger partial charge in [0.05, 0.1) is 32.0 Å². The van der Waals surface area contributed by atoms with Crippen molar-refractivity contribution in [2.45, 2.75) is 6.42 Å². The Morgan fingerprint density at radius 2 is 1.82 bits per heavy atom. The number of aromatic nitrogens is 3. The van der Waals surface area contributed by atoms with Gasteiger partial charge >= 0.3 is 0 Å². The Morgan fingerprint density at radius 1 is 1.04 bits per heavy atom. The highest BCUT2D eigenvalue weighted by Gasteiger charge is 2.05. The first-order chi connectivity index (χ1) is 13.7. The highest BCUT2D eigenvalue weighted by Crippen LogP contribution is 2.27. The molecular weight excluding hydrogens is 356 g/mol. The first kappa shape index (κ1) is 18.9. The highest BCUT2D eigenvalue weighted by molar-refractivity contribution is 5.55. The van der Waals surface area contributed by atoms with Gasteiger partial charge in [0.15, 0.2) is 17.3 Å². The SMILES string of the molecule is COc1ccc(CCNc2cnnc(Nc3ccc(C#N)cc3)n2)cc1OC. The summed E-state index contributed by atoms with van der Waals surface area (Å²) >= 11 is 0. The molecule has 0 atom stereocenters. The molecule has 0 spiro atoms. The molecule has 142 valence electrons. The molecule has 0 amide bonds. The first-order valence-electron chi connectivity index (χ1n) is 8.63. The predicted molar refractivity (Wildman–Crippen MR) is 106 cm³/mol. The van der Waals surface area contributed by atoms with Crippen molar-refractivity contribution in [3.8, 4) is 17.6 Å². The zero-order chi connectivity index (χ0) is 19.8. The smallest absolute Gasteiger partial charge is 0.249 e. The van der Waals surface area contributed by atoms with Gasteiger partial charge in [0, 0.05) is 12.2 Å². The standard InChI is InChI=1S/C20H20N6O2/c1-27-17-8-5-14(11-18(17)28-2)9-10-22-19-13-23-26-20(25-19)24-16-6-3-15(12-21)4-7-16/h3-8,11,13H,9-10H2,1-2H3,(H2,22,24,25,26). The summed E-state index contributed by atoms with van der Waals surface area (Å²) < 4.78 is 10.6. The molecule has 2 N–H and O–H groups in total. The lowest BCUT2D eigenvalue weighted by molar-refractivity contribution is 0.354. The van der Waals surface area contributed by atoms with Gasteiger partial charge in [-0.3, -0.25) is 0 Å². The average Bonchev–Trinajstić information content (AvgIpc) is 2.74. The van der Waals surface area contributed by atoms with Crippen LogP contribution in [0.1, 0.15) is 11.1 Å². The third-order valence-corrected chi connectivity index (χ3v) is 4.00. The number of hydrogen-bond acceptors (Lipinski definition) is 8. The van der Waals surface area contributed by atoms with Gasteiger partial charge < -0.3 is 20.1 Å². The molecule has 3 rings (SSSR count). The van der Waals surface area contributed by atoms with Crippen molar-refractivity contribution in [2.75, 3.05) is 31.4 Å². The molecule has 0 saturated carbocycles. The Hall–Kier alpha value is -3.86. The van der Waals surface area contributed by atoms with E-state index in [9.17, 15) is 0 Å². The molecule has 28 heavy (non-hydrogen) atoms. The molecule has 2 aromatic carbocycles. The molecular formula is C20H20N6O2. The Balaban J connectivity index is 1.58. The van der Waals surface area contributed by atoms with Gasteiger partial charge in [-0.15, -0.1) is 5.10 Å². The predicted octanol–water partition coefficient (Wildman–Crippen LogP) is 3.16. The second-order valence-electron chi connectivity index (χ2n) is 5.85. The number of rotatable bonds is 8. The van der Waals surface area contributed by atoms with E-state index in [-0.39, 0.29) is 0 Å². The van der Waals surface area contributed by atoms with Gasteiger partial charge in [0.1, 0.15) is 0 Å². The lowest BCUT2D eigenvalue weighted by atomic mass is 10.1. The Labute approximate surface area is 163 Å². The second-order valence-corrected chi connectivity index (χ2v) is 5.85. The largest absolute Gasteiger partial charge is 0.493 e. The number of benzene rings is 2. The maximum absolute atomic E-state index is 8.85. The van der Waals surface area contributed by atoms with E-state index in [4.69, 9.17) is 14.7 Å². The summed E-state index contributed by atoms with van der Waals surface area (Å²) in [7, 11) is 3.24. The normalized spacial score (nSPS) is 10.0. The third kappa shape index (κ3) is 4.86. The van der Waals surface area contributed by atoms with Crippen molar-refractivity contribution in [3.05, 3.63) is 59.8 Å². The van der Waals surface area contributed by atoms with Crippen molar-refractivity contribution in [1.29, 1.82) is 5.26 Å². The summed E-state index contributed by atoms with van der Waals surface area (Å²) in [5.74, 6) is 2.41. The van der Waals surface area contributed by atoms with Crippen LogP contribution in [0.4, 0.5) is 17.5 Å². The minimum atomic E-state index is 0.376. The summed E-state index contributed by atoms with van der Waals surface area (Å²) in [5.41, 5.74) is 2.49. The monoisotopic (exact) mass is 376 g/mol. The first-order valence-corrected chi connectivity index (χ1v) is 8.63. The van der Waals surface area contributed by atoms with E-state index in [1.54, 1.807) is 44.7 Å². The molecule has 1 aromatic heterocycles. The highest BCUT2D eigenvalue weighted by atomic mass is 16.5. The summed E-state index contributed by atoms with van der Waals surface area (Å²) in [5, 5.41) is 23.1. The van der Waals surface area contributed by atoms with Crippen molar-refractivity contribution in [2.24, 2.45) is 0 Å². The molecule has 0 fully saturated rings. The van der Waals surface area contributed by atoms with Gasteiger partial charge in [-0.1, -0.05) is 6.07 Å². The average molecular weight is 376 g/mol. The van der Waals surface area contributed by atoms with Crippen LogP contribution in [0.3, 0.4) is 0 Å². The van der Waals surface area contributed by atoms with Crippen LogP contribution in [0.15, 0.2) is 48.7 Å². The van der Waals surface area contributed by atoms with Crippen LogP contribution in [0.5, 0.6) is 11.5 Å². The van der Waals surface area contributed by atoms with E-state index in [0.29, 0.717) is 35.4 Å². The number of anilines is 3. The number of nitriles is 1. The lowest BCUT2D eigenvalue weighted by Crippen LogP contribution is -2.09. The lowest BCUT2D eigenvalue weighted by Gasteiger charge is -2.10. The third-order valence-electron chi connectivity index (χ3n) is 4.00. The summed E-state index contributed by atoms with van der Waals surface area (Å²) in [6.45, 7) is 0.671. The van der Waals surface area contributed by atoms with Gasteiger partial charge in [-0.25, -0.2) is 0 Å². The van der Waals surface area contributed by atoms with Crippen LogP contribution in [0.25, 0.3) is 0 Å². The molecule has 0 aliphatic carbocycles. The molecule has 8 heteroatoms.